The Hall–Kier alpha value is -0.600. The van der Waals surface area contributed by atoms with Crippen LogP contribution < -0.4 is 0 Å². The molecule has 2 atom stereocenters. The van der Waals surface area contributed by atoms with E-state index in [2.05, 4.69) is 6.58 Å². The van der Waals surface area contributed by atoms with Crippen LogP contribution in [0.2, 0.25) is 0 Å². The van der Waals surface area contributed by atoms with Crippen LogP contribution in [0.25, 0.3) is 0 Å². The standard InChI is InChI=1S/C10H16O2/c1-4-10(12)6-5-8(11)9(2,3)7-10/h4-6,8,11-12H,1,7H2,2-3H3/t8-,10?/m1/s1. The molecule has 2 nitrogen and oxygen atoms in total. The summed E-state index contributed by atoms with van der Waals surface area (Å²) in [4.78, 5) is 0. The number of rotatable bonds is 1. The lowest BCUT2D eigenvalue weighted by Gasteiger charge is -2.39. The maximum absolute atomic E-state index is 9.82. The van der Waals surface area contributed by atoms with E-state index in [0.717, 1.165) is 0 Å². The van der Waals surface area contributed by atoms with E-state index in [9.17, 15) is 10.2 Å². The second kappa shape index (κ2) is 2.71. The SMILES string of the molecule is C=CC1(O)C=C[C@@H](O)C(C)(C)C1. The fraction of sp³-hybridized carbons (Fsp3) is 0.600. The molecule has 0 fully saturated rings. The van der Waals surface area contributed by atoms with Gasteiger partial charge in [0.05, 0.1) is 6.10 Å². The molecule has 1 rings (SSSR count). The van der Waals surface area contributed by atoms with Gasteiger partial charge in [0, 0.05) is 0 Å². The van der Waals surface area contributed by atoms with Gasteiger partial charge < -0.3 is 10.2 Å². The third-order valence-corrected chi connectivity index (χ3v) is 2.46. The van der Waals surface area contributed by atoms with E-state index in [4.69, 9.17) is 0 Å². The van der Waals surface area contributed by atoms with Gasteiger partial charge in [-0.1, -0.05) is 38.7 Å². The molecule has 0 aromatic rings. The molecule has 1 aliphatic rings. The monoisotopic (exact) mass is 168 g/mol. The molecule has 1 aliphatic carbocycles. The summed E-state index contributed by atoms with van der Waals surface area (Å²) in [5.41, 5.74) is -1.22. The van der Waals surface area contributed by atoms with E-state index >= 15 is 0 Å². The van der Waals surface area contributed by atoms with E-state index in [1.807, 2.05) is 13.8 Å². The molecule has 0 aromatic carbocycles. The zero-order valence-corrected chi connectivity index (χ0v) is 7.62. The molecule has 0 amide bonds. The first-order chi connectivity index (χ1) is 5.40. The molecule has 0 aliphatic heterocycles. The van der Waals surface area contributed by atoms with Crippen molar-refractivity contribution in [1.29, 1.82) is 0 Å². The summed E-state index contributed by atoms with van der Waals surface area (Å²) in [6, 6.07) is 0. The van der Waals surface area contributed by atoms with E-state index in [1.54, 1.807) is 12.2 Å². The molecule has 0 heterocycles. The quantitative estimate of drug-likeness (QED) is 0.578. The molecule has 0 bridgehead atoms. The maximum atomic E-state index is 9.82. The predicted octanol–water partition coefficient (Wildman–Crippen LogP) is 1.25. The molecule has 2 heteroatoms. The molecule has 12 heavy (non-hydrogen) atoms. The van der Waals surface area contributed by atoms with Crippen LogP contribution in [-0.2, 0) is 0 Å². The fourth-order valence-electron chi connectivity index (χ4n) is 1.55. The van der Waals surface area contributed by atoms with Gasteiger partial charge in [0.1, 0.15) is 5.60 Å². The normalized spacial score (nSPS) is 39.5. The predicted molar refractivity (Wildman–Crippen MR) is 48.7 cm³/mol. The zero-order valence-electron chi connectivity index (χ0n) is 7.62. The fourth-order valence-corrected chi connectivity index (χ4v) is 1.55. The topological polar surface area (TPSA) is 40.5 Å². The van der Waals surface area contributed by atoms with Gasteiger partial charge in [0.15, 0.2) is 0 Å². The summed E-state index contributed by atoms with van der Waals surface area (Å²) < 4.78 is 0. The van der Waals surface area contributed by atoms with Crippen molar-refractivity contribution in [1.82, 2.24) is 0 Å². The highest BCUT2D eigenvalue weighted by molar-refractivity contribution is 5.19. The van der Waals surface area contributed by atoms with Crippen molar-refractivity contribution in [2.24, 2.45) is 5.41 Å². The summed E-state index contributed by atoms with van der Waals surface area (Å²) in [7, 11) is 0. The van der Waals surface area contributed by atoms with Gasteiger partial charge in [-0.25, -0.2) is 0 Å². The molecule has 0 aromatic heterocycles. The van der Waals surface area contributed by atoms with E-state index in [1.165, 1.54) is 6.08 Å². The largest absolute Gasteiger partial charge is 0.388 e. The summed E-state index contributed by atoms with van der Waals surface area (Å²) in [6.45, 7) is 7.42. The van der Waals surface area contributed by atoms with Crippen LogP contribution in [0.4, 0.5) is 0 Å². The van der Waals surface area contributed by atoms with Crippen molar-refractivity contribution in [2.45, 2.75) is 32.0 Å². The van der Waals surface area contributed by atoms with Crippen LogP contribution in [-0.4, -0.2) is 21.9 Å². The summed E-state index contributed by atoms with van der Waals surface area (Å²) in [5, 5.41) is 19.3. The van der Waals surface area contributed by atoms with Crippen LogP contribution in [0, 0.1) is 5.41 Å². The minimum atomic E-state index is -0.942. The molecule has 0 saturated heterocycles. The Morgan fingerprint density at radius 2 is 2.17 bits per heavy atom. The highest BCUT2D eigenvalue weighted by atomic mass is 16.3. The lowest BCUT2D eigenvalue weighted by atomic mass is 9.72. The van der Waals surface area contributed by atoms with Crippen molar-refractivity contribution >= 4 is 0 Å². The highest BCUT2D eigenvalue weighted by Gasteiger charge is 2.38. The van der Waals surface area contributed by atoms with Gasteiger partial charge in [0.2, 0.25) is 0 Å². The van der Waals surface area contributed by atoms with Gasteiger partial charge in [-0.3, -0.25) is 0 Å². The van der Waals surface area contributed by atoms with Crippen molar-refractivity contribution in [3.63, 3.8) is 0 Å². The van der Waals surface area contributed by atoms with Gasteiger partial charge in [-0.2, -0.15) is 0 Å². The maximum Gasteiger partial charge on any atom is 0.101 e. The minimum absolute atomic E-state index is 0.280. The van der Waals surface area contributed by atoms with Crippen LogP contribution in [0.15, 0.2) is 24.8 Å². The summed E-state index contributed by atoms with van der Waals surface area (Å²) in [5.74, 6) is 0. The Balaban J connectivity index is 2.92. The van der Waals surface area contributed by atoms with Crippen molar-refractivity contribution in [3.05, 3.63) is 24.8 Å². The molecular weight excluding hydrogens is 152 g/mol. The van der Waals surface area contributed by atoms with E-state index in [-0.39, 0.29) is 5.41 Å². The second-order valence-electron chi connectivity index (χ2n) is 4.16. The van der Waals surface area contributed by atoms with Crippen molar-refractivity contribution in [3.8, 4) is 0 Å². The lowest BCUT2D eigenvalue weighted by molar-refractivity contribution is 0.00602. The van der Waals surface area contributed by atoms with Gasteiger partial charge in [-0.05, 0) is 11.8 Å². The third-order valence-electron chi connectivity index (χ3n) is 2.46. The molecule has 68 valence electrons. The Bertz CT molecular complexity index is 218. The smallest absolute Gasteiger partial charge is 0.101 e. The Morgan fingerprint density at radius 3 is 2.58 bits per heavy atom. The first-order valence-corrected chi connectivity index (χ1v) is 4.13. The highest BCUT2D eigenvalue weighted by Crippen LogP contribution is 2.37. The summed E-state index contributed by atoms with van der Waals surface area (Å²) >= 11 is 0. The number of hydrogen-bond acceptors (Lipinski definition) is 2. The summed E-state index contributed by atoms with van der Waals surface area (Å²) in [6.07, 6.45) is 4.79. The second-order valence-corrected chi connectivity index (χ2v) is 4.16. The van der Waals surface area contributed by atoms with Crippen LogP contribution in [0.3, 0.4) is 0 Å². The van der Waals surface area contributed by atoms with Crippen molar-refractivity contribution < 1.29 is 10.2 Å². The molecule has 0 saturated carbocycles. The lowest BCUT2D eigenvalue weighted by Crippen LogP contribution is -2.41. The minimum Gasteiger partial charge on any atom is -0.388 e. The Kier molecular flexibility index (Phi) is 2.15. The van der Waals surface area contributed by atoms with Gasteiger partial charge in [0.25, 0.3) is 0 Å². The van der Waals surface area contributed by atoms with Crippen LogP contribution >= 0.6 is 0 Å². The molecule has 0 radical (unpaired) electrons. The Labute approximate surface area is 73.2 Å². The number of aliphatic hydroxyl groups is 2. The number of hydrogen-bond donors (Lipinski definition) is 2. The zero-order chi connectivity index (χ0) is 9.41. The average Bonchev–Trinajstić information content (AvgIpc) is 1.97. The van der Waals surface area contributed by atoms with Gasteiger partial charge in [-0.15, -0.1) is 0 Å². The van der Waals surface area contributed by atoms with Gasteiger partial charge >= 0.3 is 0 Å². The molecule has 0 spiro atoms. The van der Waals surface area contributed by atoms with Crippen LogP contribution in [0.1, 0.15) is 20.3 Å². The molecule has 1 unspecified atom stereocenters. The first kappa shape index (κ1) is 9.49. The first-order valence-electron chi connectivity index (χ1n) is 4.13. The Morgan fingerprint density at radius 1 is 1.58 bits per heavy atom. The number of aliphatic hydroxyl groups excluding tert-OH is 1. The average molecular weight is 168 g/mol. The van der Waals surface area contributed by atoms with E-state index < -0.39 is 11.7 Å². The van der Waals surface area contributed by atoms with E-state index in [0.29, 0.717) is 6.42 Å². The third kappa shape index (κ3) is 1.59. The molecular formula is C10H16O2. The molecule has 2 N–H and O–H groups in total. The van der Waals surface area contributed by atoms with Crippen molar-refractivity contribution in [2.75, 3.05) is 0 Å². The van der Waals surface area contributed by atoms with Crippen LogP contribution in [0.5, 0.6) is 0 Å².